The number of carbonyl (C=O) groups is 2. The molecule has 3 rings (SSSR count). The SMILES string of the molecule is N#CC12CC=C3CCCCC3C1C(=O)C=CC2=O. The Morgan fingerprint density at radius 1 is 1.28 bits per heavy atom. The van der Waals surface area contributed by atoms with Gasteiger partial charge in [-0.15, -0.1) is 0 Å². The third-order valence-corrected chi connectivity index (χ3v) is 4.67. The van der Waals surface area contributed by atoms with Crippen molar-refractivity contribution in [2.75, 3.05) is 0 Å². The summed E-state index contributed by atoms with van der Waals surface area (Å²) >= 11 is 0. The summed E-state index contributed by atoms with van der Waals surface area (Å²) in [5, 5.41) is 9.47. The van der Waals surface area contributed by atoms with Crippen molar-refractivity contribution in [3.63, 3.8) is 0 Å². The van der Waals surface area contributed by atoms with Crippen LogP contribution in [0.1, 0.15) is 32.1 Å². The van der Waals surface area contributed by atoms with Crippen LogP contribution < -0.4 is 0 Å². The molecular formula is C15H15NO2. The zero-order valence-corrected chi connectivity index (χ0v) is 10.2. The molecule has 3 aliphatic carbocycles. The van der Waals surface area contributed by atoms with E-state index in [1.165, 1.54) is 17.7 Å². The third-order valence-electron chi connectivity index (χ3n) is 4.67. The summed E-state index contributed by atoms with van der Waals surface area (Å²) in [4.78, 5) is 24.3. The molecular weight excluding hydrogens is 226 g/mol. The fourth-order valence-electron chi connectivity index (χ4n) is 3.74. The maximum Gasteiger partial charge on any atom is 0.177 e. The van der Waals surface area contributed by atoms with E-state index in [-0.39, 0.29) is 17.5 Å². The summed E-state index contributed by atoms with van der Waals surface area (Å²) < 4.78 is 0. The molecule has 0 aliphatic heterocycles. The first kappa shape index (κ1) is 11.4. The Morgan fingerprint density at radius 2 is 2.11 bits per heavy atom. The van der Waals surface area contributed by atoms with Crippen LogP contribution in [0.4, 0.5) is 0 Å². The average molecular weight is 241 g/mol. The Hall–Kier alpha value is -1.69. The van der Waals surface area contributed by atoms with E-state index in [0.29, 0.717) is 6.42 Å². The van der Waals surface area contributed by atoms with Crippen molar-refractivity contribution < 1.29 is 9.59 Å². The Kier molecular flexibility index (Phi) is 2.48. The molecule has 1 fully saturated rings. The molecule has 3 aliphatic rings. The van der Waals surface area contributed by atoms with Crippen molar-refractivity contribution in [2.45, 2.75) is 32.1 Å². The van der Waals surface area contributed by atoms with Gasteiger partial charge in [-0.25, -0.2) is 0 Å². The van der Waals surface area contributed by atoms with Crippen LogP contribution in [0.5, 0.6) is 0 Å². The normalized spacial score (nSPS) is 38.5. The lowest BCUT2D eigenvalue weighted by Crippen LogP contribution is -2.49. The van der Waals surface area contributed by atoms with Crippen LogP contribution in [0.15, 0.2) is 23.8 Å². The minimum absolute atomic E-state index is 0.0337. The van der Waals surface area contributed by atoms with Gasteiger partial charge in [0.05, 0.1) is 12.0 Å². The van der Waals surface area contributed by atoms with Crippen LogP contribution in [-0.4, -0.2) is 11.6 Å². The fourth-order valence-corrected chi connectivity index (χ4v) is 3.74. The highest BCUT2D eigenvalue weighted by molar-refractivity contribution is 6.11. The lowest BCUT2D eigenvalue weighted by Gasteiger charge is -2.44. The van der Waals surface area contributed by atoms with E-state index in [0.717, 1.165) is 25.7 Å². The Balaban J connectivity index is 2.12. The Labute approximate surface area is 106 Å². The Morgan fingerprint density at radius 3 is 2.89 bits per heavy atom. The van der Waals surface area contributed by atoms with Gasteiger partial charge in [-0.05, 0) is 43.8 Å². The number of hydrogen-bond donors (Lipinski definition) is 0. The van der Waals surface area contributed by atoms with E-state index in [4.69, 9.17) is 0 Å². The zero-order chi connectivity index (χ0) is 12.8. The molecule has 0 spiro atoms. The predicted octanol–water partition coefficient (Wildman–Crippen LogP) is 2.34. The van der Waals surface area contributed by atoms with E-state index in [1.54, 1.807) is 0 Å². The summed E-state index contributed by atoms with van der Waals surface area (Å²) in [5.41, 5.74) is 0.186. The van der Waals surface area contributed by atoms with Gasteiger partial charge in [-0.1, -0.05) is 18.1 Å². The molecule has 3 atom stereocenters. The van der Waals surface area contributed by atoms with E-state index >= 15 is 0 Å². The molecule has 3 heteroatoms. The maximum atomic E-state index is 12.2. The molecule has 0 N–H and O–H groups in total. The highest BCUT2D eigenvalue weighted by atomic mass is 16.1. The van der Waals surface area contributed by atoms with E-state index in [1.807, 2.05) is 6.08 Å². The lowest BCUT2D eigenvalue weighted by molar-refractivity contribution is -0.135. The zero-order valence-electron chi connectivity index (χ0n) is 10.2. The standard InChI is InChI=1S/C15H15NO2/c16-9-15-8-7-10-3-1-2-4-11(10)14(15)12(17)5-6-13(15)18/h5-7,11,14H,1-4,8H2. The second-order valence-corrected chi connectivity index (χ2v) is 5.50. The van der Waals surface area contributed by atoms with Crippen LogP contribution in [0.25, 0.3) is 0 Å². The lowest BCUT2D eigenvalue weighted by atomic mass is 9.55. The number of nitriles is 1. The topological polar surface area (TPSA) is 57.9 Å². The Bertz CT molecular complexity index is 523. The van der Waals surface area contributed by atoms with Gasteiger partial charge in [0.25, 0.3) is 0 Å². The summed E-state index contributed by atoms with van der Waals surface area (Å²) in [6, 6.07) is 2.17. The van der Waals surface area contributed by atoms with E-state index in [9.17, 15) is 14.9 Å². The van der Waals surface area contributed by atoms with Crippen molar-refractivity contribution in [1.82, 2.24) is 0 Å². The van der Waals surface area contributed by atoms with Gasteiger partial charge in [-0.3, -0.25) is 9.59 Å². The first-order valence-electron chi connectivity index (χ1n) is 6.55. The molecule has 0 aromatic heterocycles. The summed E-state index contributed by atoms with van der Waals surface area (Å²) in [7, 11) is 0. The van der Waals surface area contributed by atoms with Crippen molar-refractivity contribution >= 4 is 11.6 Å². The van der Waals surface area contributed by atoms with Gasteiger partial charge in [0.2, 0.25) is 0 Å². The van der Waals surface area contributed by atoms with Crippen LogP contribution in [0.2, 0.25) is 0 Å². The quantitative estimate of drug-likeness (QED) is 0.612. The molecule has 0 aromatic carbocycles. The van der Waals surface area contributed by atoms with Gasteiger partial charge in [0.1, 0.15) is 5.41 Å². The van der Waals surface area contributed by atoms with Gasteiger partial charge in [-0.2, -0.15) is 5.26 Å². The van der Waals surface area contributed by atoms with Crippen LogP contribution in [-0.2, 0) is 9.59 Å². The molecule has 92 valence electrons. The number of rotatable bonds is 0. The number of nitrogens with zero attached hydrogens (tertiary/aromatic N) is 1. The molecule has 0 aromatic rings. The highest BCUT2D eigenvalue weighted by Gasteiger charge is 2.55. The monoisotopic (exact) mass is 241 g/mol. The molecule has 3 nitrogen and oxygen atoms in total. The smallest absolute Gasteiger partial charge is 0.177 e. The van der Waals surface area contributed by atoms with Gasteiger partial charge in [0, 0.05) is 0 Å². The number of fused-ring (bicyclic) bond motifs is 3. The minimum atomic E-state index is -1.11. The first-order chi connectivity index (χ1) is 8.69. The maximum absolute atomic E-state index is 12.2. The van der Waals surface area contributed by atoms with E-state index in [2.05, 4.69) is 6.07 Å². The second kappa shape index (κ2) is 3.91. The molecule has 0 radical (unpaired) electrons. The number of hydrogen-bond acceptors (Lipinski definition) is 3. The molecule has 3 unspecified atom stereocenters. The summed E-state index contributed by atoms with van der Waals surface area (Å²) in [6.07, 6.45) is 9.34. The molecule has 0 heterocycles. The van der Waals surface area contributed by atoms with Crippen LogP contribution in [0, 0.1) is 28.6 Å². The van der Waals surface area contributed by atoms with Gasteiger partial charge in [0.15, 0.2) is 11.6 Å². The summed E-state index contributed by atoms with van der Waals surface area (Å²) in [5.74, 6) is -0.530. The minimum Gasteiger partial charge on any atom is -0.294 e. The van der Waals surface area contributed by atoms with Crippen LogP contribution in [0.3, 0.4) is 0 Å². The second-order valence-electron chi connectivity index (χ2n) is 5.50. The van der Waals surface area contributed by atoms with Crippen molar-refractivity contribution in [3.8, 4) is 6.07 Å². The van der Waals surface area contributed by atoms with Crippen molar-refractivity contribution in [2.24, 2.45) is 17.3 Å². The number of allylic oxidation sites excluding steroid dienone is 4. The summed E-state index contributed by atoms with van der Waals surface area (Å²) in [6.45, 7) is 0. The molecule has 18 heavy (non-hydrogen) atoms. The first-order valence-corrected chi connectivity index (χ1v) is 6.55. The van der Waals surface area contributed by atoms with Crippen molar-refractivity contribution in [3.05, 3.63) is 23.8 Å². The van der Waals surface area contributed by atoms with Crippen LogP contribution >= 0.6 is 0 Å². The number of carbonyl (C=O) groups excluding carboxylic acids is 2. The third kappa shape index (κ3) is 1.35. The highest BCUT2D eigenvalue weighted by Crippen LogP contribution is 2.51. The largest absolute Gasteiger partial charge is 0.294 e. The number of ketones is 2. The molecule has 0 bridgehead atoms. The average Bonchev–Trinajstić information content (AvgIpc) is 2.42. The van der Waals surface area contributed by atoms with Gasteiger partial charge >= 0.3 is 0 Å². The molecule has 1 saturated carbocycles. The van der Waals surface area contributed by atoms with E-state index < -0.39 is 11.3 Å². The van der Waals surface area contributed by atoms with Crippen molar-refractivity contribution in [1.29, 1.82) is 5.26 Å². The predicted molar refractivity (Wildman–Crippen MR) is 65.3 cm³/mol. The molecule has 0 amide bonds. The van der Waals surface area contributed by atoms with Gasteiger partial charge < -0.3 is 0 Å². The molecule has 0 saturated heterocycles. The fraction of sp³-hybridized carbons (Fsp3) is 0.533.